The van der Waals surface area contributed by atoms with E-state index in [1.165, 1.54) is 18.9 Å². The van der Waals surface area contributed by atoms with E-state index in [1.54, 1.807) is 12.1 Å². The Labute approximate surface area is 129 Å². The van der Waals surface area contributed by atoms with Gasteiger partial charge in [-0.05, 0) is 59.5 Å². The Morgan fingerprint density at radius 3 is 2.89 bits per heavy atom. The monoisotopic (exact) mass is 423 g/mol. The summed E-state index contributed by atoms with van der Waals surface area (Å²) in [7, 11) is 0. The molecule has 1 fully saturated rings. The van der Waals surface area contributed by atoms with Gasteiger partial charge in [0.05, 0.1) is 3.57 Å². The van der Waals surface area contributed by atoms with Gasteiger partial charge in [0.1, 0.15) is 5.75 Å². The predicted octanol–water partition coefficient (Wildman–Crippen LogP) is 3.29. The van der Waals surface area contributed by atoms with Crippen LogP contribution in [-0.2, 0) is 0 Å². The molecule has 0 spiro atoms. The van der Waals surface area contributed by atoms with Crippen molar-refractivity contribution >= 4 is 44.4 Å². The largest absolute Gasteiger partial charge is 0.507 e. The molecule has 2 atom stereocenters. The maximum absolute atomic E-state index is 11.9. The minimum atomic E-state index is -0.117. The van der Waals surface area contributed by atoms with Crippen LogP contribution in [0, 0.1) is 9.49 Å². The molecular formula is C13H15BrINO2. The molecule has 1 aromatic rings. The molecule has 0 radical (unpaired) electrons. The maximum atomic E-state index is 11.9. The zero-order chi connectivity index (χ0) is 13.1. The predicted molar refractivity (Wildman–Crippen MR) is 83.2 cm³/mol. The molecule has 0 saturated heterocycles. The topological polar surface area (TPSA) is 49.3 Å². The van der Waals surface area contributed by atoms with Gasteiger partial charge in [0, 0.05) is 16.9 Å². The summed E-state index contributed by atoms with van der Waals surface area (Å²) >= 11 is 5.67. The lowest BCUT2D eigenvalue weighted by molar-refractivity contribution is 0.0947. The van der Waals surface area contributed by atoms with Gasteiger partial charge in [0.2, 0.25) is 0 Å². The second kappa shape index (κ2) is 6.23. The van der Waals surface area contributed by atoms with E-state index in [0.29, 0.717) is 22.9 Å². The average molecular weight is 424 g/mol. The number of phenols is 1. The van der Waals surface area contributed by atoms with Crippen LogP contribution in [0.1, 0.15) is 29.6 Å². The van der Waals surface area contributed by atoms with Gasteiger partial charge in [-0.1, -0.05) is 22.4 Å². The third-order valence-electron chi connectivity index (χ3n) is 3.30. The van der Waals surface area contributed by atoms with E-state index >= 15 is 0 Å². The quantitative estimate of drug-likeness (QED) is 0.578. The van der Waals surface area contributed by atoms with Crippen molar-refractivity contribution in [2.24, 2.45) is 5.92 Å². The maximum Gasteiger partial charge on any atom is 0.251 e. The minimum absolute atomic E-state index is 0.117. The first-order valence-electron chi connectivity index (χ1n) is 5.98. The Hall–Kier alpha value is -0.300. The molecular weight excluding hydrogens is 409 g/mol. The lowest BCUT2D eigenvalue weighted by Crippen LogP contribution is -2.30. The molecule has 3 nitrogen and oxygen atoms in total. The van der Waals surface area contributed by atoms with E-state index in [2.05, 4.69) is 21.2 Å². The molecule has 5 heteroatoms. The molecule has 0 aliphatic heterocycles. The van der Waals surface area contributed by atoms with E-state index in [0.717, 1.165) is 9.99 Å². The summed E-state index contributed by atoms with van der Waals surface area (Å²) in [4.78, 5) is 12.4. The number of carbonyl (C=O) groups is 1. The van der Waals surface area contributed by atoms with E-state index in [-0.39, 0.29) is 11.7 Å². The fourth-order valence-electron chi connectivity index (χ4n) is 2.20. The molecule has 18 heavy (non-hydrogen) atoms. The van der Waals surface area contributed by atoms with Crippen molar-refractivity contribution in [1.82, 2.24) is 5.32 Å². The zero-order valence-corrected chi connectivity index (χ0v) is 13.6. The molecule has 2 unspecified atom stereocenters. The second-order valence-corrected chi connectivity index (χ2v) is 6.92. The van der Waals surface area contributed by atoms with Crippen LogP contribution < -0.4 is 5.32 Å². The van der Waals surface area contributed by atoms with Crippen LogP contribution in [0.3, 0.4) is 0 Å². The lowest BCUT2D eigenvalue weighted by Gasteiger charge is -2.14. The van der Waals surface area contributed by atoms with Crippen LogP contribution in [0.15, 0.2) is 18.2 Å². The highest BCUT2D eigenvalue weighted by Gasteiger charge is 2.25. The number of benzene rings is 1. The van der Waals surface area contributed by atoms with Gasteiger partial charge in [-0.2, -0.15) is 0 Å². The number of carbonyl (C=O) groups excluding carboxylic acids is 1. The summed E-state index contributed by atoms with van der Waals surface area (Å²) in [5.74, 6) is 0.558. The van der Waals surface area contributed by atoms with Crippen LogP contribution in [0.5, 0.6) is 5.75 Å². The van der Waals surface area contributed by atoms with Crippen molar-refractivity contribution < 1.29 is 9.90 Å². The molecule has 0 bridgehead atoms. The number of hydrogen-bond acceptors (Lipinski definition) is 2. The highest BCUT2D eigenvalue weighted by molar-refractivity contribution is 14.1. The number of phenolic OH excluding ortho intramolecular Hbond substituents is 1. The van der Waals surface area contributed by atoms with E-state index in [1.807, 2.05) is 22.6 Å². The van der Waals surface area contributed by atoms with Gasteiger partial charge in [-0.25, -0.2) is 0 Å². The van der Waals surface area contributed by atoms with Crippen LogP contribution in [0.2, 0.25) is 0 Å². The van der Waals surface area contributed by atoms with E-state index in [9.17, 15) is 9.90 Å². The van der Waals surface area contributed by atoms with Crippen molar-refractivity contribution in [2.75, 3.05) is 6.54 Å². The average Bonchev–Trinajstić information content (AvgIpc) is 2.75. The molecule has 1 saturated carbocycles. The Bertz CT molecular complexity index is 453. The molecule has 98 valence electrons. The fraction of sp³-hybridized carbons (Fsp3) is 0.462. The highest BCUT2D eigenvalue weighted by Crippen LogP contribution is 2.30. The fourth-order valence-corrected chi connectivity index (χ4v) is 3.31. The van der Waals surface area contributed by atoms with Gasteiger partial charge in [-0.3, -0.25) is 4.79 Å². The number of hydrogen-bond donors (Lipinski definition) is 2. The van der Waals surface area contributed by atoms with Crippen molar-refractivity contribution in [3.8, 4) is 5.75 Å². The highest BCUT2D eigenvalue weighted by atomic mass is 127. The molecule has 1 aliphatic rings. The SMILES string of the molecule is O=C(NCC1CCCC1Br)c1ccc(I)c(O)c1. The first kappa shape index (κ1) is 14.1. The number of halogens is 2. The summed E-state index contributed by atoms with van der Waals surface area (Å²) in [5.41, 5.74) is 0.511. The molecule has 2 rings (SSSR count). The van der Waals surface area contributed by atoms with Gasteiger partial charge in [-0.15, -0.1) is 0 Å². The van der Waals surface area contributed by atoms with Crippen LogP contribution in [0.4, 0.5) is 0 Å². The molecule has 1 amide bonds. The van der Waals surface area contributed by atoms with Gasteiger partial charge >= 0.3 is 0 Å². The molecule has 1 aromatic carbocycles. The lowest BCUT2D eigenvalue weighted by atomic mass is 10.1. The third-order valence-corrected chi connectivity index (χ3v) is 5.42. The third kappa shape index (κ3) is 3.38. The number of alkyl halides is 1. The van der Waals surface area contributed by atoms with Gasteiger partial charge in [0.25, 0.3) is 5.91 Å². The van der Waals surface area contributed by atoms with E-state index < -0.39 is 0 Å². The Balaban J connectivity index is 1.93. The minimum Gasteiger partial charge on any atom is -0.507 e. The number of rotatable bonds is 3. The Kier molecular flexibility index (Phi) is 4.89. The first-order chi connectivity index (χ1) is 8.58. The van der Waals surface area contributed by atoms with Gasteiger partial charge in [0.15, 0.2) is 0 Å². The molecule has 2 N–H and O–H groups in total. The number of aromatic hydroxyl groups is 1. The summed E-state index contributed by atoms with van der Waals surface area (Å²) < 4.78 is 0.750. The number of nitrogens with one attached hydrogen (secondary N) is 1. The summed E-state index contributed by atoms with van der Waals surface area (Å²) in [5, 5.41) is 12.5. The zero-order valence-electron chi connectivity index (χ0n) is 9.83. The molecule has 1 aliphatic carbocycles. The molecule has 0 heterocycles. The van der Waals surface area contributed by atoms with Crippen molar-refractivity contribution in [3.63, 3.8) is 0 Å². The van der Waals surface area contributed by atoms with Crippen molar-refractivity contribution in [2.45, 2.75) is 24.1 Å². The first-order valence-corrected chi connectivity index (χ1v) is 7.98. The standard InChI is InChI=1S/C13H15BrINO2/c14-10-3-1-2-9(10)7-16-13(18)8-4-5-11(15)12(17)6-8/h4-6,9-10,17H,1-3,7H2,(H,16,18). The summed E-state index contributed by atoms with van der Waals surface area (Å²) in [6.07, 6.45) is 3.57. The van der Waals surface area contributed by atoms with E-state index in [4.69, 9.17) is 0 Å². The molecule has 0 aromatic heterocycles. The Morgan fingerprint density at radius 1 is 1.50 bits per heavy atom. The Morgan fingerprint density at radius 2 is 2.28 bits per heavy atom. The smallest absolute Gasteiger partial charge is 0.251 e. The number of amides is 1. The second-order valence-electron chi connectivity index (χ2n) is 4.58. The van der Waals surface area contributed by atoms with Crippen molar-refractivity contribution in [1.29, 1.82) is 0 Å². The van der Waals surface area contributed by atoms with Crippen LogP contribution in [-0.4, -0.2) is 22.4 Å². The normalized spacial score (nSPS) is 23.0. The van der Waals surface area contributed by atoms with Crippen LogP contribution >= 0.6 is 38.5 Å². The van der Waals surface area contributed by atoms with Crippen molar-refractivity contribution in [3.05, 3.63) is 27.3 Å². The van der Waals surface area contributed by atoms with Gasteiger partial charge < -0.3 is 10.4 Å². The summed E-state index contributed by atoms with van der Waals surface area (Å²) in [6, 6.07) is 4.99. The van der Waals surface area contributed by atoms with Crippen LogP contribution in [0.25, 0.3) is 0 Å². The summed E-state index contributed by atoms with van der Waals surface area (Å²) in [6.45, 7) is 0.696.